The molecule has 104 valence electrons. The molecule has 0 amide bonds. The van der Waals surface area contributed by atoms with Gasteiger partial charge in [0.15, 0.2) is 0 Å². The smallest absolute Gasteiger partial charge is 0.257 e. The van der Waals surface area contributed by atoms with E-state index in [0.717, 1.165) is 37.1 Å². The van der Waals surface area contributed by atoms with Gasteiger partial charge in [0, 0.05) is 30.1 Å². The normalized spacial score (nSPS) is 20.6. The van der Waals surface area contributed by atoms with Crippen LogP contribution in [0.5, 0.6) is 5.75 Å². The van der Waals surface area contributed by atoms with Crippen LogP contribution in [0.25, 0.3) is 10.8 Å². The summed E-state index contributed by atoms with van der Waals surface area (Å²) in [4.78, 5) is 14.5. The van der Waals surface area contributed by atoms with Crippen LogP contribution < -0.4 is 15.6 Å². The van der Waals surface area contributed by atoms with Crippen LogP contribution in [0.4, 0.5) is 0 Å². The molecule has 1 saturated carbocycles. The number of benzene rings is 1. The molecule has 1 aliphatic carbocycles. The van der Waals surface area contributed by atoms with Gasteiger partial charge < -0.3 is 15.0 Å². The molecule has 1 aromatic carbocycles. The van der Waals surface area contributed by atoms with E-state index in [1.54, 1.807) is 12.3 Å². The number of aromatic amines is 1. The summed E-state index contributed by atoms with van der Waals surface area (Å²) in [5.74, 6) is 0.752. The highest BCUT2D eigenvalue weighted by Crippen LogP contribution is 2.46. The summed E-state index contributed by atoms with van der Waals surface area (Å²) in [6, 6.07) is 5.43. The summed E-state index contributed by atoms with van der Waals surface area (Å²) in [5.41, 5.74) is 0.302. The van der Waals surface area contributed by atoms with Gasteiger partial charge in [0.1, 0.15) is 5.75 Å². The molecule has 2 heterocycles. The van der Waals surface area contributed by atoms with E-state index in [-0.39, 0.29) is 11.7 Å². The SMILES string of the molecule is O=c1[nH]ccc2c(OC3CC4(CNC4)C3)ccc(Cl)c12. The quantitative estimate of drug-likeness (QED) is 0.892. The van der Waals surface area contributed by atoms with Crippen molar-refractivity contribution >= 4 is 22.4 Å². The lowest BCUT2D eigenvalue weighted by Gasteiger charge is -2.53. The standard InChI is InChI=1S/C15H15ClN2O2/c16-11-1-2-12(10-3-4-18-14(19)13(10)11)20-9-5-15(6-9)7-17-8-15/h1-4,9,17H,5-8H2,(H,18,19). The first-order valence-electron chi connectivity index (χ1n) is 6.84. The third-order valence-corrected chi connectivity index (χ3v) is 4.78. The number of pyridine rings is 1. The van der Waals surface area contributed by atoms with Crippen molar-refractivity contribution in [2.75, 3.05) is 13.1 Å². The zero-order chi connectivity index (χ0) is 13.7. The molecule has 1 saturated heterocycles. The number of hydrogen-bond acceptors (Lipinski definition) is 3. The average molecular weight is 291 g/mol. The van der Waals surface area contributed by atoms with Crippen LogP contribution in [-0.4, -0.2) is 24.2 Å². The first kappa shape index (κ1) is 12.2. The van der Waals surface area contributed by atoms with Gasteiger partial charge in [-0.25, -0.2) is 0 Å². The van der Waals surface area contributed by atoms with Crippen molar-refractivity contribution in [1.82, 2.24) is 10.3 Å². The molecule has 1 aliphatic heterocycles. The van der Waals surface area contributed by atoms with Crippen molar-refractivity contribution in [3.8, 4) is 5.75 Å². The lowest BCUT2D eigenvalue weighted by molar-refractivity contribution is -0.0489. The maximum Gasteiger partial charge on any atom is 0.257 e. The molecule has 2 N–H and O–H groups in total. The Bertz CT molecular complexity index is 728. The molecule has 20 heavy (non-hydrogen) atoms. The van der Waals surface area contributed by atoms with Gasteiger partial charge in [0.05, 0.1) is 16.5 Å². The van der Waals surface area contributed by atoms with Crippen molar-refractivity contribution < 1.29 is 4.74 Å². The fraction of sp³-hybridized carbons (Fsp3) is 0.400. The molecule has 2 aromatic rings. The van der Waals surface area contributed by atoms with E-state index in [0.29, 0.717) is 15.8 Å². The fourth-order valence-electron chi connectivity index (χ4n) is 3.28. The number of nitrogens with one attached hydrogen (secondary N) is 2. The van der Waals surface area contributed by atoms with E-state index in [4.69, 9.17) is 16.3 Å². The van der Waals surface area contributed by atoms with E-state index in [1.807, 2.05) is 12.1 Å². The highest BCUT2D eigenvalue weighted by atomic mass is 35.5. The summed E-state index contributed by atoms with van der Waals surface area (Å²) in [7, 11) is 0. The van der Waals surface area contributed by atoms with Crippen LogP contribution in [0, 0.1) is 5.41 Å². The molecule has 1 spiro atoms. The van der Waals surface area contributed by atoms with Gasteiger partial charge in [-0.1, -0.05) is 11.6 Å². The monoisotopic (exact) mass is 290 g/mol. The van der Waals surface area contributed by atoms with E-state index < -0.39 is 0 Å². The van der Waals surface area contributed by atoms with Gasteiger partial charge in [-0.2, -0.15) is 0 Å². The maximum absolute atomic E-state index is 11.9. The van der Waals surface area contributed by atoms with Crippen molar-refractivity contribution in [2.45, 2.75) is 18.9 Å². The van der Waals surface area contributed by atoms with Gasteiger partial charge in [-0.05, 0) is 31.0 Å². The highest BCUT2D eigenvalue weighted by molar-refractivity contribution is 6.35. The fourth-order valence-corrected chi connectivity index (χ4v) is 3.53. The lowest BCUT2D eigenvalue weighted by atomic mass is 9.63. The number of aromatic nitrogens is 1. The maximum atomic E-state index is 11.9. The molecule has 5 heteroatoms. The Morgan fingerprint density at radius 2 is 2.05 bits per heavy atom. The summed E-state index contributed by atoms with van der Waals surface area (Å²) in [5, 5.41) is 5.07. The van der Waals surface area contributed by atoms with Gasteiger partial charge in [0.2, 0.25) is 0 Å². The van der Waals surface area contributed by atoms with Gasteiger partial charge in [-0.15, -0.1) is 0 Å². The topological polar surface area (TPSA) is 54.1 Å². The number of fused-ring (bicyclic) bond motifs is 1. The Hall–Kier alpha value is -1.52. The zero-order valence-electron chi connectivity index (χ0n) is 10.9. The van der Waals surface area contributed by atoms with Gasteiger partial charge in [0.25, 0.3) is 5.56 Å². The highest BCUT2D eigenvalue weighted by Gasteiger charge is 2.49. The van der Waals surface area contributed by atoms with Crippen molar-refractivity contribution in [3.05, 3.63) is 39.8 Å². The van der Waals surface area contributed by atoms with E-state index in [1.165, 1.54) is 0 Å². The number of H-pyrrole nitrogens is 1. The number of halogens is 1. The molecule has 1 aromatic heterocycles. The van der Waals surface area contributed by atoms with Crippen molar-refractivity contribution in [2.24, 2.45) is 5.41 Å². The van der Waals surface area contributed by atoms with Crippen LogP contribution in [0.15, 0.2) is 29.2 Å². The molecule has 4 nitrogen and oxygen atoms in total. The average Bonchev–Trinajstić information content (AvgIpc) is 2.33. The molecule has 4 rings (SSSR count). The summed E-state index contributed by atoms with van der Waals surface area (Å²) < 4.78 is 6.07. The Morgan fingerprint density at radius 1 is 1.25 bits per heavy atom. The number of ether oxygens (including phenoxy) is 1. The van der Waals surface area contributed by atoms with Crippen LogP contribution >= 0.6 is 11.6 Å². The second-order valence-corrected chi connectivity index (χ2v) is 6.30. The molecular weight excluding hydrogens is 276 g/mol. The minimum absolute atomic E-state index is 0.175. The first-order valence-corrected chi connectivity index (χ1v) is 7.22. The first-order chi connectivity index (χ1) is 9.67. The number of rotatable bonds is 2. The third-order valence-electron chi connectivity index (χ3n) is 4.46. The molecule has 0 atom stereocenters. The molecule has 0 bridgehead atoms. The van der Waals surface area contributed by atoms with E-state index >= 15 is 0 Å². The minimum atomic E-state index is -0.175. The van der Waals surface area contributed by atoms with Crippen LogP contribution in [0.3, 0.4) is 0 Å². The van der Waals surface area contributed by atoms with E-state index in [9.17, 15) is 4.79 Å². The van der Waals surface area contributed by atoms with Crippen molar-refractivity contribution in [1.29, 1.82) is 0 Å². The Balaban J connectivity index is 1.65. The number of hydrogen-bond donors (Lipinski definition) is 2. The van der Waals surface area contributed by atoms with Crippen LogP contribution in [-0.2, 0) is 0 Å². The second kappa shape index (κ2) is 4.24. The van der Waals surface area contributed by atoms with Crippen LogP contribution in [0.2, 0.25) is 5.02 Å². The molecule has 2 fully saturated rings. The third kappa shape index (κ3) is 1.75. The molecule has 0 unspecified atom stereocenters. The Morgan fingerprint density at radius 3 is 2.75 bits per heavy atom. The van der Waals surface area contributed by atoms with Crippen molar-refractivity contribution in [3.63, 3.8) is 0 Å². The second-order valence-electron chi connectivity index (χ2n) is 5.89. The predicted octanol–water partition coefficient (Wildman–Crippen LogP) is 2.31. The summed E-state index contributed by atoms with van der Waals surface area (Å²) in [6.45, 7) is 2.21. The Kier molecular flexibility index (Phi) is 2.59. The van der Waals surface area contributed by atoms with Gasteiger partial charge >= 0.3 is 0 Å². The largest absolute Gasteiger partial charge is 0.490 e. The van der Waals surface area contributed by atoms with Gasteiger partial charge in [-0.3, -0.25) is 4.79 Å². The lowest BCUT2D eigenvalue weighted by Crippen LogP contribution is -2.62. The predicted molar refractivity (Wildman–Crippen MR) is 78.5 cm³/mol. The Labute approximate surface area is 121 Å². The molecule has 2 aliphatic rings. The summed E-state index contributed by atoms with van der Waals surface area (Å²) >= 11 is 6.11. The summed E-state index contributed by atoms with van der Waals surface area (Å²) in [6.07, 6.45) is 4.06. The zero-order valence-corrected chi connectivity index (χ0v) is 11.7. The molecular formula is C15H15ClN2O2. The minimum Gasteiger partial charge on any atom is -0.490 e. The van der Waals surface area contributed by atoms with E-state index in [2.05, 4.69) is 10.3 Å². The molecule has 0 radical (unpaired) electrons. The van der Waals surface area contributed by atoms with Crippen LogP contribution in [0.1, 0.15) is 12.8 Å².